The summed E-state index contributed by atoms with van der Waals surface area (Å²) < 4.78 is 0. The fourth-order valence-electron chi connectivity index (χ4n) is 2.21. The van der Waals surface area contributed by atoms with E-state index in [1.807, 2.05) is 18.4 Å². The van der Waals surface area contributed by atoms with Crippen molar-refractivity contribution in [1.82, 2.24) is 10.3 Å². The molecule has 1 N–H and O–H groups in total. The number of fused-ring (bicyclic) bond motifs is 1. The third-order valence-corrected chi connectivity index (χ3v) is 5.20. The topological polar surface area (TPSA) is 24.9 Å². The summed E-state index contributed by atoms with van der Waals surface area (Å²) in [5.41, 5.74) is 1.29. The monoisotopic (exact) mass is 250 g/mol. The van der Waals surface area contributed by atoms with Gasteiger partial charge in [-0.1, -0.05) is 6.07 Å². The Morgan fingerprint density at radius 2 is 2.44 bits per heavy atom. The van der Waals surface area contributed by atoms with E-state index in [1.54, 1.807) is 11.3 Å². The summed E-state index contributed by atoms with van der Waals surface area (Å²) in [6.07, 6.45) is 3.71. The first kappa shape index (κ1) is 10.4. The third kappa shape index (κ3) is 1.71. The van der Waals surface area contributed by atoms with Crippen molar-refractivity contribution in [2.75, 3.05) is 7.05 Å². The molecule has 0 aliphatic heterocycles. The Morgan fingerprint density at radius 3 is 3.19 bits per heavy atom. The second-order valence-corrected chi connectivity index (χ2v) is 6.07. The number of aromatic nitrogens is 1. The highest BCUT2D eigenvalue weighted by Crippen LogP contribution is 2.38. The van der Waals surface area contributed by atoms with Gasteiger partial charge in [-0.3, -0.25) is 0 Å². The van der Waals surface area contributed by atoms with Gasteiger partial charge in [-0.25, -0.2) is 4.98 Å². The van der Waals surface area contributed by atoms with Crippen LogP contribution < -0.4 is 5.32 Å². The van der Waals surface area contributed by atoms with Gasteiger partial charge >= 0.3 is 0 Å². The van der Waals surface area contributed by atoms with E-state index in [1.165, 1.54) is 39.7 Å². The van der Waals surface area contributed by atoms with Crippen LogP contribution in [0.2, 0.25) is 0 Å². The van der Waals surface area contributed by atoms with Crippen molar-refractivity contribution in [2.24, 2.45) is 0 Å². The van der Waals surface area contributed by atoms with Crippen LogP contribution in [0.15, 0.2) is 17.5 Å². The van der Waals surface area contributed by atoms with E-state index in [4.69, 9.17) is 4.98 Å². The van der Waals surface area contributed by atoms with Crippen LogP contribution >= 0.6 is 22.7 Å². The molecular formula is C12H14N2S2. The maximum absolute atomic E-state index is 4.81. The van der Waals surface area contributed by atoms with Crippen LogP contribution in [0.3, 0.4) is 0 Å². The average molecular weight is 250 g/mol. The lowest BCUT2D eigenvalue weighted by molar-refractivity contribution is 0.490. The third-order valence-electron chi connectivity index (χ3n) is 3.03. The van der Waals surface area contributed by atoms with Crippen molar-refractivity contribution in [2.45, 2.75) is 25.3 Å². The molecule has 3 rings (SSSR count). The molecule has 1 unspecified atom stereocenters. The summed E-state index contributed by atoms with van der Waals surface area (Å²) in [6, 6.07) is 4.72. The van der Waals surface area contributed by atoms with Crippen LogP contribution in [0.5, 0.6) is 0 Å². The lowest BCUT2D eigenvalue weighted by Crippen LogP contribution is -2.21. The highest BCUT2D eigenvalue weighted by atomic mass is 32.1. The summed E-state index contributed by atoms with van der Waals surface area (Å²) in [4.78, 5) is 7.59. The maximum atomic E-state index is 4.81. The number of nitrogens with zero attached hydrogens (tertiary/aromatic N) is 1. The fraction of sp³-hybridized carbons (Fsp3) is 0.417. The molecule has 0 aromatic carbocycles. The van der Waals surface area contributed by atoms with E-state index < -0.39 is 0 Å². The summed E-state index contributed by atoms with van der Waals surface area (Å²) in [5.74, 6) is 0. The average Bonchev–Trinajstić information content (AvgIpc) is 2.96. The number of aryl methyl sites for hydroxylation is 1. The Morgan fingerprint density at radius 1 is 1.50 bits per heavy atom. The molecule has 84 valence electrons. The molecule has 0 fully saturated rings. The van der Waals surface area contributed by atoms with Gasteiger partial charge in [0.2, 0.25) is 0 Å². The quantitative estimate of drug-likeness (QED) is 0.883. The number of thiophene rings is 1. The van der Waals surface area contributed by atoms with Gasteiger partial charge in [-0.15, -0.1) is 22.7 Å². The summed E-state index contributed by atoms with van der Waals surface area (Å²) >= 11 is 3.65. The van der Waals surface area contributed by atoms with Gasteiger partial charge in [-0.2, -0.15) is 0 Å². The van der Waals surface area contributed by atoms with Crippen molar-refractivity contribution >= 4 is 22.7 Å². The molecule has 2 heterocycles. The molecule has 1 aliphatic rings. The minimum atomic E-state index is 0.466. The zero-order chi connectivity index (χ0) is 11.0. The van der Waals surface area contributed by atoms with Crippen LogP contribution in [0.4, 0.5) is 0 Å². The minimum Gasteiger partial charge on any atom is -0.312 e. The molecule has 0 saturated heterocycles. The smallest absolute Gasteiger partial charge is 0.133 e. The molecular weight excluding hydrogens is 236 g/mol. The molecule has 4 heteroatoms. The van der Waals surface area contributed by atoms with E-state index in [2.05, 4.69) is 22.8 Å². The molecule has 16 heavy (non-hydrogen) atoms. The first-order valence-electron chi connectivity index (χ1n) is 5.59. The van der Waals surface area contributed by atoms with Gasteiger partial charge in [0.15, 0.2) is 0 Å². The Kier molecular flexibility index (Phi) is 2.79. The van der Waals surface area contributed by atoms with E-state index in [0.717, 1.165) is 0 Å². The number of hydrogen-bond donors (Lipinski definition) is 1. The Bertz CT molecular complexity index is 473. The summed E-state index contributed by atoms with van der Waals surface area (Å²) in [6.45, 7) is 0. The highest BCUT2D eigenvalue weighted by Gasteiger charge is 2.23. The second-order valence-electron chi connectivity index (χ2n) is 4.04. The molecule has 1 atom stereocenters. The normalized spacial score (nSPS) is 19.7. The van der Waals surface area contributed by atoms with Crippen LogP contribution in [0, 0.1) is 0 Å². The molecule has 2 nitrogen and oxygen atoms in total. The van der Waals surface area contributed by atoms with Crippen molar-refractivity contribution in [3.63, 3.8) is 0 Å². The first-order chi connectivity index (χ1) is 7.88. The Balaban J connectivity index is 2.02. The Hall–Kier alpha value is -0.710. The van der Waals surface area contributed by atoms with E-state index >= 15 is 0 Å². The van der Waals surface area contributed by atoms with Crippen LogP contribution in [-0.4, -0.2) is 12.0 Å². The van der Waals surface area contributed by atoms with Crippen molar-refractivity contribution in [3.8, 4) is 9.88 Å². The molecule has 0 amide bonds. The summed E-state index contributed by atoms with van der Waals surface area (Å²) in [7, 11) is 2.03. The van der Waals surface area contributed by atoms with Gasteiger partial charge in [0.25, 0.3) is 0 Å². The largest absolute Gasteiger partial charge is 0.312 e. The SMILES string of the molecule is CNC1CCCc2sc(-c3cccs3)nc21. The van der Waals surface area contributed by atoms with Gasteiger partial charge in [0.1, 0.15) is 5.01 Å². The second kappa shape index (κ2) is 4.28. The molecule has 0 radical (unpaired) electrons. The lowest BCUT2D eigenvalue weighted by Gasteiger charge is -2.19. The number of hydrogen-bond acceptors (Lipinski definition) is 4. The standard InChI is InChI=1S/C12H14N2S2/c1-13-8-4-2-5-9-11(8)14-12(16-9)10-6-3-7-15-10/h3,6-8,13H,2,4-5H2,1H3. The van der Waals surface area contributed by atoms with E-state index in [-0.39, 0.29) is 0 Å². The van der Waals surface area contributed by atoms with Crippen LogP contribution in [-0.2, 0) is 6.42 Å². The van der Waals surface area contributed by atoms with Gasteiger partial charge in [0, 0.05) is 4.88 Å². The van der Waals surface area contributed by atoms with Crippen LogP contribution in [0.1, 0.15) is 29.5 Å². The molecule has 2 aromatic rings. The minimum absolute atomic E-state index is 0.466. The predicted molar refractivity (Wildman–Crippen MR) is 70.2 cm³/mol. The van der Waals surface area contributed by atoms with Crippen molar-refractivity contribution < 1.29 is 0 Å². The zero-order valence-electron chi connectivity index (χ0n) is 9.19. The first-order valence-corrected chi connectivity index (χ1v) is 7.29. The van der Waals surface area contributed by atoms with Gasteiger partial charge < -0.3 is 5.32 Å². The lowest BCUT2D eigenvalue weighted by atomic mass is 9.98. The number of thiazole rings is 1. The molecule has 0 bridgehead atoms. The zero-order valence-corrected chi connectivity index (χ0v) is 10.8. The van der Waals surface area contributed by atoms with E-state index in [9.17, 15) is 0 Å². The molecule has 2 aromatic heterocycles. The molecule has 0 saturated carbocycles. The molecule has 0 spiro atoms. The highest BCUT2D eigenvalue weighted by molar-refractivity contribution is 7.21. The van der Waals surface area contributed by atoms with Crippen molar-refractivity contribution in [1.29, 1.82) is 0 Å². The molecule has 1 aliphatic carbocycles. The van der Waals surface area contributed by atoms with Gasteiger partial charge in [0.05, 0.1) is 16.6 Å². The Labute approximate surface area is 103 Å². The number of nitrogens with one attached hydrogen (secondary N) is 1. The predicted octanol–water partition coefficient (Wildman–Crippen LogP) is 3.47. The van der Waals surface area contributed by atoms with E-state index in [0.29, 0.717) is 6.04 Å². The fourth-order valence-corrected chi connectivity index (χ4v) is 4.17. The van der Waals surface area contributed by atoms with Gasteiger partial charge in [-0.05, 0) is 37.8 Å². The maximum Gasteiger partial charge on any atom is 0.133 e. The number of rotatable bonds is 2. The van der Waals surface area contributed by atoms with Crippen LogP contribution in [0.25, 0.3) is 9.88 Å². The van der Waals surface area contributed by atoms with Crippen molar-refractivity contribution in [3.05, 3.63) is 28.1 Å². The summed E-state index contributed by atoms with van der Waals surface area (Å²) in [5, 5.41) is 6.68.